The standard InChI is InChI=1S/C17H30N2O2/c1-12(2)18-16(20)13-8-10-14(11-9-13)17(21)19-15-6-4-3-5-7-15/h12-15H,3-11H2,1-2H3,(H,18,20)(H,19,21). The zero-order valence-corrected chi connectivity index (χ0v) is 13.5. The topological polar surface area (TPSA) is 58.2 Å². The van der Waals surface area contributed by atoms with Gasteiger partial charge in [-0.05, 0) is 52.4 Å². The van der Waals surface area contributed by atoms with Gasteiger partial charge in [-0.25, -0.2) is 0 Å². The number of amides is 2. The lowest BCUT2D eigenvalue weighted by Crippen LogP contribution is -2.42. The van der Waals surface area contributed by atoms with Crippen LogP contribution in [0.2, 0.25) is 0 Å². The molecule has 21 heavy (non-hydrogen) atoms. The Morgan fingerprint density at radius 2 is 1.33 bits per heavy atom. The first-order valence-corrected chi connectivity index (χ1v) is 8.67. The lowest BCUT2D eigenvalue weighted by molar-refractivity contribution is -0.131. The first-order chi connectivity index (χ1) is 10.1. The lowest BCUT2D eigenvalue weighted by atomic mass is 9.80. The molecule has 0 aromatic rings. The first-order valence-electron chi connectivity index (χ1n) is 8.67. The van der Waals surface area contributed by atoms with Gasteiger partial charge in [0.05, 0.1) is 0 Å². The van der Waals surface area contributed by atoms with Crippen molar-refractivity contribution >= 4 is 11.8 Å². The molecule has 4 heteroatoms. The summed E-state index contributed by atoms with van der Waals surface area (Å²) in [4.78, 5) is 24.3. The molecule has 0 unspecified atom stereocenters. The van der Waals surface area contributed by atoms with Gasteiger partial charge in [0, 0.05) is 23.9 Å². The zero-order chi connectivity index (χ0) is 15.2. The molecule has 0 radical (unpaired) electrons. The summed E-state index contributed by atoms with van der Waals surface area (Å²) in [6.07, 6.45) is 9.48. The van der Waals surface area contributed by atoms with Crippen LogP contribution in [0.4, 0.5) is 0 Å². The molecule has 0 atom stereocenters. The predicted octanol–water partition coefficient (Wildman–Crippen LogP) is 2.77. The van der Waals surface area contributed by atoms with E-state index in [0.717, 1.165) is 38.5 Å². The van der Waals surface area contributed by atoms with E-state index in [2.05, 4.69) is 10.6 Å². The van der Waals surface area contributed by atoms with E-state index in [-0.39, 0.29) is 29.7 Å². The average Bonchev–Trinajstić information content (AvgIpc) is 2.47. The van der Waals surface area contributed by atoms with Crippen molar-refractivity contribution in [3.8, 4) is 0 Å². The highest BCUT2D eigenvalue weighted by Gasteiger charge is 2.31. The molecular formula is C17H30N2O2. The molecule has 2 rings (SSSR count). The third-order valence-corrected chi connectivity index (χ3v) is 4.85. The molecule has 0 aromatic heterocycles. The van der Waals surface area contributed by atoms with Gasteiger partial charge in [-0.1, -0.05) is 19.3 Å². The molecule has 2 amide bonds. The Hall–Kier alpha value is -1.06. The molecule has 0 heterocycles. The van der Waals surface area contributed by atoms with Crippen LogP contribution in [0.25, 0.3) is 0 Å². The molecular weight excluding hydrogens is 264 g/mol. The fraction of sp³-hybridized carbons (Fsp3) is 0.882. The summed E-state index contributed by atoms with van der Waals surface area (Å²) < 4.78 is 0. The molecule has 2 saturated carbocycles. The van der Waals surface area contributed by atoms with Gasteiger partial charge >= 0.3 is 0 Å². The summed E-state index contributed by atoms with van der Waals surface area (Å²) in [5, 5.41) is 6.21. The molecule has 0 aliphatic heterocycles. The van der Waals surface area contributed by atoms with Crippen molar-refractivity contribution in [1.82, 2.24) is 10.6 Å². The van der Waals surface area contributed by atoms with Crippen LogP contribution in [0.5, 0.6) is 0 Å². The van der Waals surface area contributed by atoms with Gasteiger partial charge in [0.1, 0.15) is 0 Å². The van der Waals surface area contributed by atoms with Crippen LogP contribution >= 0.6 is 0 Å². The number of nitrogens with one attached hydrogen (secondary N) is 2. The Morgan fingerprint density at radius 1 is 0.810 bits per heavy atom. The number of carbonyl (C=O) groups is 2. The van der Waals surface area contributed by atoms with E-state index in [1.54, 1.807) is 0 Å². The highest BCUT2D eigenvalue weighted by Crippen LogP contribution is 2.29. The maximum atomic E-state index is 12.3. The van der Waals surface area contributed by atoms with E-state index in [1.165, 1.54) is 19.3 Å². The average molecular weight is 294 g/mol. The minimum absolute atomic E-state index is 0.103. The molecule has 0 spiro atoms. The smallest absolute Gasteiger partial charge is 0.223 e. The quantitative estimate of drug-likeness (QED) is 0.837. The van der Waals surface area contributed by atoms with Gasteiger partial charge < -0.3 is 10.6 Å². The van der Waals surface area contributed by atoms with Gasteiger partial charge in [-0.15, -0.1) is 0 Å². The Morgan fingerprint density at radius 3 is 1.86 bits per heavy atom. The molecule has 2 N–H and O–H groups in total. The highest BCUT2D eigenvalue weighted by molar-refractivity contribution is 5.81. The third-order valence-electron chi connectivity index (χ3n) is 4.85. The summed E-state index contributed by atoms with van der Waals surface area (Å²) >= 11 is 0. The van der Waals surface area contributed by atoms with Crippen molar-refractivity contribution in [1.29, 1.82) is 0 Å². The van der Waals surface area contributed by atoms with Crippen LogP contribution in [0.3, 0.4) is 0 Å². The second-order valence-corrected chi connectivity index (χ2v) is 7.06. The van der Waals surface area contributed by atoms with Crippen molar-refractivity contribution < 1.29 is 9.59 Å². The molecule has 0 aromatic carbocycles. The van der Waals surface area contributed by atoms with E-state index in [4.69, 9.17) is 0 Å². The minimum Gasteiger partial charge on any atom is -0.354 e. The van der Waals surface area contributed by atoms with Crippen molar-refractivity contribution in [3.05, 3.63) is 0 Å². The number of hydrogen-bond donors (Lipinski definition) is 2. The first kappa shape index (κ1) is 16.3. The fourth-order valence-corrected chi connectivity index (χ4v) is 3.59. The van der Waals surface area contributed by atoms with Crippen LogP contribution in [0.1, 0.15) is 71.6 Å². The summed E-state index contributed by atoms with van der Waals surface area (Å²) in [6.45, 7) is 3.97. The molecule has 4 nitrogen and oxygen atoms in total. The van der Waals surface area contributed by atoms with Crippen molar-refractivity contribution in [2.24, 2.45) is 11.8 Å². The third kappa shape index (κ3) is 5.01. The molecule has 2 aliphatic rings. The molecule has 0 bridgehead atoms. The summed E-state index contributed by atoms with van der Waals surface area (Å²) in [7, 11) is 0. The van der Waals surface area contributed by atoms with E-state index in [9.17, 15) is 9.59 Å². The number of rotatable bonds is 4. The molecule has 0 saturated heterocycles. The van der Waals surface area contributed by atoms with Crippen molar-refractivity contribution in [2.75, 3.05) is 0 Å². The van der Waals surface area contributed by atoms with Gasteiger partial charge in [0.2, 0.25) is 11.8 Å². The Labute approximate surface area is 128 Å². The lowest BCUT2D eigenvalue weighted by Gasteiger charge is -2.30. The van der Waals surface area contributed by atoms with E-state index >= 15 is 0 Å². The highest BCUT2D eigenvalue weighted by atomic mass is 16.2. The largest absolute Gasteiger partial charge is 0.354 e. The van der Waals surface area contributed by atoms with E-state index in [1.807, 2.05) is 13.8 Å². The van der Waals surface area contributed by atoms with Gasteiger partial charge in [0.15, 0.2) is 0 Å². The minimum atomic E-state index is 0.103. The van der Waals surface area contributed by atoms with Crippen molar-refractivity contribution in [3.63, 3.8) is 0 Å². The Kier molecular flexibility index (Phi) is 6.07. The fourth-order valence-electron chi connectivity index (χ4n) is 3.59. The van der Waals surface area contributed by atoms with Gasteiger partial charge in [-0.3, -0.25) is 9.59 Å². The van der Waals surface area contributed by atoms with Crippen LogP contribution in [-0.4, -0.2) is 23.9 Å². The van der Waals surface area contributed by atoms with Gasteiger partial charge in [0.25, 0.3) is 0 Å². The molecule has 2 aliphatic carbocycles. The SMILES string of the molecule is CC(C)NC(=O)C1CCC(C(=O)NC2CCCCC2)CC1. The number of hydrogen-bond acceptors (Lipinski definition) is 2. The van der Waals surface area contributed by atoms with Gasteiger partial charge in [-0.2, -0.15) is 0 Å². The Bertz CT molecular complexity index is 354. The Balaban J connectivity index is 1.72. The van der Waals surface area contributed by atoms with Crippen molar-refractivity contribution in [2.45, 2.75) is 83.7 Å². The summed E-state index contributed by atoms with van der Waals surface area (Å²) in [5.41, 5.74) is 0. The van der Waals surface area contributed by atoms with E-state index in [0.29, 0.717) is 6.04 Å². The zero-order valence-electron chi connectivity index (χ0n) is 13.5. The summed E-state index contributed by atoms with van der Waals surface area (Å²) in [5.74, 6) is 0.613. The maximum absolute atomic E-state index is 12.3. The summed E-state index contributed by atoms with van der Waals surface area (Å²) in [6, 6.07) is 0.595. The van der Waals surface area contributed by atoms with Crippen LogP contribution in [0.15, 0.2) is 0 Å². The second-order valence-electron chi connectivity index (χ2n) is 7.06. The molecule has 2 fully saturated rings. The van der Waals surface area contributed by atoms with Crippen LogP contribution in [0, 0.1) is 11.8 Å². The van der Waals surface area contributed by atoms with E-state index < -0.39 is 0 Å². The molecule has 120 valence electrons. The monoisotopic (exact) mass is 294 g/mol. The second kappa shape index (κ2) is 7.81. The predicted molar refractivity (Wildman–Crippen MR) is 83.7 cm³/mol. The number of carbonyl (C=O) groups excluding carboxylic acids is 2. The normalized spacial score (nSPS) is 27.4. The van der Waals surface area contributed by atoms with Crippen LogP contribution in [-0.2, 0) is 9.59 Å². The maximum Gasteiger partial charge on any atom is 0.223 e. The van der Waals surface area contributed by atoms with Crippen LogP contribution < -0.4 is 10.6 Å².